The average Bonchev–Trinajstić information content (AvgIpc) is 2.59. The Morgan fingerprint density at radius 1 is 1.20 bits per heavy atom. The van der Waals surface area contributed by atoms with Gasteiger partial charge in [-0.25, -0.2) is 0 Å². The third-order valence-electron chi connectivity index (χ3n) is 2.20. The fourth-order valence-electron chi connectivity index (χ4n) is 1.24. The van der Waals surface area contributed by atoms with Crippen LogP contribution in [-0.4, -0.2) is 22.2 Å². The third-order valence-corrected chi connectivity index (χ3v) is 5.71. The first-order valence-corrected chi connectivity index (χ1v) is 7.65. The summed E-state index contributed by atoms with van der Waals surface area (Å²) in [6, 6.07) is 0. The zero-order valence-corrected chi connectivity index (χ0v) is 13.9. The molecular formula is C10H17Cl3NZr. The Morgan fingerprint density at radius 3 is 2.20 bits per heavy atom. The summed E-state index contributed by atoms with van der Waals surface area (Å²) >= 11 is -0.226. The molecule has 1 aliphatic rings. The van der Waals surface area contributed by atoms with Crippen molar-refractivity contribution in [2.75, 3.05) is 17.3 Å². The first kappa shape index (κ1) is 21.5. The van der Waals surface area contributed by atoms with Crippen LogP contribution >= 0.6 is 0 Å². The molecule has 5 heteroatoms. The first-order valence-electron chi connectivity index (χ1n) is 4.68. The van der Waals surface area contributed by atoms with E-state index < -0.39 is 0 Å². The van der Waals surface area contributed by atoms with E-state index in [-0.39, 0.29) is 60.5 Å². The molecule has 1 aliphatic carbocycles. The van der Waals surface area contributed by atoms with Gasteiger partial charge in [0.15, 0.2) is 0 Å². The number of rotatable bonds is 5. The van der Waals surface area contributed by atoms with E-state index in [9.17, 15) is 0 Å². The van der Waals surface area contributed by atoms with Crippen molar-refractivity contribution in [3.8, 4) is 0 Å². The van der Waals surface area contributed by atoms with Gasteiger partial charge in [0.25, 0.3) is 0 Å². The van der Waals surface area contributed by atoms with Crippen molar-refractivity contribution in [3.05, 3.63) is 21.5 Å². The summed E-state index contributed by atoms with van der Waals surface area (Å²) < 4.78 is 3.15. The third kappa shape index (κ3) is 8.95. The van der Waals surface area contributed by atoms with Gasteiger partial charge in [0.2, 0.25) is 0 Å². The van der Waals surface area contributed by atoms with Crippen LogP contribution in [0.1, 0.15) is 20.3 Å². The molecule has 15 heavy (non-hydrogen) atoms. The molecule has 0 aromatic rings. The molecule has 0 unspecified atom stereocenters. The first-order chi connectivity index (χ1) is 5.86. The van der Waals surface area contributed by atoms with Gasteiger partial charge in [0.1, 0.15) is 0 Å². The van der Waals surface area contributed by atoms with Crippen molar-refractivity contribution in [1.82, 2.24) is 4.90 Å². The maximum absolute atomic E-state index is 2.55. The molecule has 0 saturated heterocycles. The number of nitrogens with zero attached hydrogens (tertiary/aromatic N) is 1. The van der Waals surface area contributed by atoms with Gasteiger partial charge in [-0.15, -0.1) is 0 Å². The Balaban J connectivity index is -0.000000480. The monoisotopic (exact) mass is 346 g/mol. The van der Waals surface area contributed by atoms with Crippen LogP contribution in [-0.2, 0) is 23.2 Å². The van der Waals surface area contributed by atoms with Crippen molar-refractivity contribution in [1.29, 1.82) is 0 Å². The number of hydrogen-bond acceptors (Lipinski definition) is 1. The van der Waals surface area contributed by atoms with Crippen molar-refractivity contribution in [2.24, 2.45) is 0 Å². The Bertz CT molecular complexity index is 191. The van der Waals surface area contributed by atoms with Gasteiger partial charge < -0.3 is 37.2 Å². The minimum atomic E-state index is -0.226. The molecular weight excluding hydrogens is 332 g/mol. The van der Waals surface area contributed by atoms with Gasteiger partial charge in [0.05, 0.1) is 0 Å². The second-order valence-electron chi connectivity index (χ2n) is 2.96. The molecule has 0 amide bonds. The predicted octanol–water partition coefficient (Wildman–Crippen LogP) is -6.78. The summed E-state index contributed by atoms with van der Waals surface area (Å²) in [6.45, 7) is 6.95. The minimum absolute atomic E-state index is 0. The van der Waals surface area contributed by atoms with E-state index in [1.165, 1.54) is 23.8 Å². The Kier molecular flexibility index (Phi) is 19.0. The van der Waals surface area contributed by atoms with E-state index in [0.29, 0.717) is 0 Å². The molecule has 0 fully saturated rings. The molecule has 0 aromatic carbocycles. The molecule has 1 nitrogen and oxygen atoms in total. The molecule has 87 valence electrons. The molecule has 0 N–H and O–H groups in total. The van der Waals surface area contributed by atoms with Gasteiger partial charge in [-0.3, -0.25) is 0 Å². The van der Waals surface area contributed by atoms with E-state index >= 15 is 0 Å². The summed E-state index contributed by atoms with van der Waals surface area (Å²) in [5.41, 5.74) is 0. The second kappa shape index (κ2) is 13.3. The van der Waals surface area contributed by atoms with Gasteiger partial charge in [-0.05, 0) is 0 Å². The number of hydrogen-bond donors (Lipinski definition) is 0. The van der Waals surface area contributed by atoms with Crippen LogP contribution in [0.3, 0.4) is 0 Å². The van der Waals surface area contributed by atoms with Crippen molar-refractivity contribution >= 4 is 0 Å². The van der Waals surface area contributed by atoms with E-state index in [1.807, 2.05) is 0 Å². The van der Waals surface area contributed by atoms with Gasteiger partial charge in [-0.1, -0.05) is 0 Å². The zero-order chi connectivity index (χ0) is 8.81. The van der Waals surface area contributed by atoms with Crippen LogP contribution in [0, 0.1) is 0 Å². The largest absolute Gasteiger partial charge is 1.00 e. The van der Waals surface area contributed by atoms with Gasteiger partial charge >= 0.3 is 87.3 Å². The molecule has 0 saturated carbocycles. The van der Waals surface area contributed by atoms with Crippen LogP contribution in [0.5, 0.6) is 0 Å². The summed E-state index contributed by atoms with van der Waals surface area (Å²) in [5, 5.41) is 0. The predicted molar refractivity (Wildman–Crippen MR) is 49.6 cm³/mol. The van der Waals surface area contributed by atoms with Crippen LogP contribution in [0.4, 0.5) is 0 Å². The van der Waals surface area contributed by atoms with Gasteiger partial charge in [-0.2, -0.15) is 0 Å². The summed E-state index contributed by atoms with van der Waals surface area (Å²) in [7, 11) is 0. The Morgan fingerprint density at radius 2 is 1.80 bits per heavy atom. The summed E-state index contributed by atoms with van der Waals surface area (Å²) in [5.74, 6) is 0. The molecule has 0 aliphatic heterocycles. The minimum Gasteiger partial charge on any atom is -1.00 e. The average molecular weight is 349 g/mol. The van der Waals surface area contributed by atoms with Crippen LogP contribution in [0.15, 0.2) is 21.5 Å². The quantitative estimate of drug-likeness (QED) is 0.477. The van der Waals surface area contributed by atoms with Crippen LogP contribution in [0.2, 0.25) is 0 Å². The van der Waals surface area contributed by atoms with Crippen molar-refractivity contribution in [2.45, 2.75) is 20.3 Å². The van der Waals surface area contributed by atoms with Gasteiger partial charge in [0, 0.05) is 0 Å². The van der Waals surface area contributed by atoms with E-state index in [4.69, 9.17) is 0 Å². The fraction of sp³-hybridized carbons (Fsp3) is 0.600. The maximum atomic E-state index is 2.55. The summed E-state index contributed by atoms with van der Waals surface area (Å²) in [4.78, 5) is 2.55. The van der Waals surface area contributed by atoms with E-state index in [0.717, 1.165) is 0 Å². The zero-order valence-electron chi connectivity index (χ0n) is 9.14. The molecule has 0 spiro atoms. The van der Waals surface area contributed by atoms with Crippen molar-refractivity contribution < 1.29 is 60.5 Å². The van der Waals surface area contributed by atoms with E-state index in [1.54, 1.807) is 3.28 Å². The van der Waals surface area contributed by atoms with Crippen LogP contribution < -0.4 is 37.2 Å². The Hall–Kier alpha value is 1.19. The number of allylic oxidation sites excluding steroid dienone is 4. The molecule has 1 rings (SSSR count). The summed E-state index contributed by atoms with van der Waals surface area (Å²) in [6.07, 6.45) is 8.07. The normalized spacial score (nSPS) is 12.1. The molecule has 0 heterocycles. The smallest absolute Gasteiger partial charge is 1.00 e. The topological polar surface area (TPSA) is 3.24 Å². The SMILES string of the molecule is CCN(CC)[CH2][Zr+3][C]1=CC=CC1.[Cl-].[Cl-].[Cl-]. The van der Waals surface area contributed by atoms with Crippen molar-refractivity contribution in [3.63, 3.8) is 0 Å². The van der Waals surface area contributed by atoms with Crippen LogP contribution in [0.25, 0.3) is 0 Å². The second-order valence-corrected chi connectivity index (χ2v) is 6.19. The fourth-order valence-corrected chi connectivity index (χ4v) is 4.56. The Labute approximate surface area is 124 Å². The standard InChI is InChI=1S/C5H12N.C5H5.3ClH.Zr/c1-4-6(3)5-2;1-2-4-5-3-1;;;;/h3-5H2,1-2H3;1-3H,4H2;3*1H;/q;;;;;+3/p-3. The maximum Gasteiger partial charge on any atom is -1.00 e. The molecule has 0 atom stereocenters. The number of halogens is 3. The molecule has 0 radical (unpaired) electrons. The molecule has 0 aromatic heterocycles. The molecule has 0 bridgehead atoms. The van der Waals surface area contributed by atoms with E-state index in [2.05, 4.69) is 37.0 Å².